The zero-order valence-electron chi connectivity index (χ0n) is 11.9. The molecule has 0 bridgehead atoms. The SMILES string of the molecule is Cc1ccc(-c2ccc3c(c2)OCC(=O)N3C)c(C)c1. The molecule has 0 spiro atoms. The molecule has 20 heavy (non-hydrogen) atoms. The number of hydrogen-bond donors (Lipinski definition) is 0. The number of rotatable bonds is 1. The fraction of sp³-hybridized carbons (Fsp3) is 0.235. The molecule has 0 unspecified atom stereocenters. The lowest BCUT2D eigenvalue weighted by Crippen LogP contribution is -2.35. The molecule has 0 saturated heterocycles. The van der Waals surface area contributed by atoms with Gasteiger partial charge in [-0.1, -0.05) is 29.8 Å². The number of anilines is 1. The van der Waals surface area contributed by atoms with Crippen molar-refractivity contribution in [3.05, 3.63) is 47.5 Å². The Bertz CT molecular complexity index is 691. The molecular weight excluding hydrogens is 250 g/mol. The molecule has 0 aliphatic carbocycles. The third-order valence-electron chi connectivity index (χ3n) is 3.74. The number of nitrogens with zero attached hydrogens (tertiary/aromatic N) is 1. The molecule has 0 saturated carbocycles. The van der Waals surface area contributed by atoms with Crippen LogP contribution in [0.3, 0.4) is 0 Å². The van der Waals surface area contributed by atoms with Crippen LogP contribution in [0.15, 0.2) is 36.4 Å². The lowest BCUT2D eigenvalue weighted by Gasteiger charge is -2.26. The van der Waals surface area contributed by atoms with Crippen LogP contribution in [0.1, 0.15) is 11.1 Å². The molecule has 3 nitrogen and oxygen atoms in total. The Morgan fingerprint density at radius 3 is 2.65 bits per heavy atom. The molecule has 1 aliphatic rings. The molecule has 2 aromatic rings. The number of likely N-dealkylation sites (N-methyl/N-ethyl adjacent to an activating group) is 1. The van der Waals surface area contributed by atoms with Crippen LogP contribution in [0.25, 0.3) is 11.1 Å². The van der Waals surface area contributed by atoms with Crippen LogP contribution in [0.4, 0.5) is 5.69 Å². The van der Waals surface area contributed by atoms with Gasteiger partial charge in [-0.15, -0.1) is 0 Å². The van der Waals surface area contributed by atoms with Gasteiger partial charge in [0.25, 0.3) is 5.91 Å². The van der Waals surface area contributed by atoms with Crippen molar-refractivity contribution in [3.8, 4) is 16.9 Å². The van der Waals surface area contributed by atoms with E-state index in [0.717, 1.165) is 17.0 Å². The highest BCUT2D eigenvalue weighted by molar-refractivity contribution is 5.97. The van der Waals surface area contributed by atoms with Gasteiger partial charge in [-0.3, -0.25) is 4.79 Å². The van der Waals surface area contributed by atoms with Crippen LogP contribution in [0.5, 0.6) is 5.75 Å². The summed E-state index contributed by atoms with van der Waals surface area (Å²) in [5.74, 6) is 0.751. The van der Waals surface area contributed by atoms with Crippen LogP contribution in [-0.4, -0.2) is 19.6 Å². The van der Waals surface area contributed by atoms with Crippen LogP contribution in [0, 0.1) is 13.8 Å². The Morgan fingerprint density at radius 2 is 1.90 bits per heavy atom. The largest absolute Gasteiger partial charge is 0.482 e. The number of hydrogen-bond acceptors (Lipinski definition) is 2. The van der Waals surface area contributed by atoms with E-state index >= 15 is 0 Å². The Kier molecular flexibility index (Phi) is 2.97. The van der Waals surface area contributed by atoms with Gasteiger partial charge in [0, 0.05) is 7.05 Å². The number of fused-ring (bicyclic) bond motifs is 1. The molecule has 0 fully saturated rings. The van der Waals surface area contributed by atoms with E-state index in [-0.39, 0.29) is 12.5 Å². The highest BCUT2D eigenvalue weighted by atomic mass is 16.5. The van der Waals surface area contributed by atoms with Gasteiger partial charge < -0.3 is 9.64 Å². The average molecular weight is 267 g/mol. The Morgan fingerprint density at radius 1 is 1.10 bits per heavy atom. The van der Waals surface area contributed by atoms with Gasteiger partial charge in [-0.25, -0.2) is 0 Å². The monoisotopic (exact) mass is 267 g/mol. The summed E-state index contributed by atoms with van der Waals surface area (Å²) in [5.41, 5.74) is 5.64. The van der Waals surface area contributed by atoms with Crippen molar-refractivity contribution in [2.24, 2.45) is 0 Å². The van der Waals surface area contributed by atoms with Gasteiger partial charge in [0.15, 0.2) is 6.61 Å². The first-order valence-corrected chi connectivity index (χ1v) is 6.67. The summed E-state index contributed by atoms with van der Waals surface area (Å²) in [5, 5.41) is 0. The fourth-order valence-corrected chi connectivity index (χ4v) is 2.58. The van der Waals surface area contributed by atoms with Gasteiger partial charge in [0.05, 0.1) is 5.69 Å². The standard InChI is InChI=1S/C17H17NO2/c1-11-4-6-14(12(2)8-11)13-5-7-15-16(9-13)20-10-17(19)18(15)3/h4-9H,10H2,1-3H3. The van der Waals surface area contributed by atoms with Crippen molar-refractivity contribution in [2.45, 2.75) is 13.8 Å². The van der Waals surface area contributed by atoms with E-state index in [1.54, 1.807) is 11.9 Å². The second-order valence-corrected chi connectivity index (χ2v) is 5.24. The van der Waals surface area contributed by atoms with E-state index in [0.29, 0.717) is 0 Å². The summed E-state index contributed by atoms with van der Waals surface area (Å²) < 4.78 is 5.54. The normalized spacial score (nSPS) is 13.9. The molecule has 3 heteroatoms. The number of carbonyl (C=O) groups excluding carboxylic acids is 1. The molecule has 2 aromatic carbocycles. The lowest BCUT2D eigenvalue weighted by molar-refractivity contribution is -0.120. The molecule has 0 atom stereocenters. The Hall–Kier alpha value is -2.29. The molecule has 0 aromatic heterocycles. The van der Waals surface area contributed by atoms with Crippen LogP contribution in [-0.2, 0) is 4.79 Å². The van der Waals surface area contributed by atoms with Gasteiger partial charge >= 0.3 is 0 Å². The van der Waals surface area contributed by atoms with E-state index in [4.69, 9.17) is 4.74 Å². The molecular formula is C17H17NO2. The molecule has 102 valence electrons. The Balaban J connectivity index is 2.07. The molecule has 3 rings (SSSR count). The van der Waals surface area contributed by atoms with Crippen molar-refractivity contribution in [1.29, 1.82) is 0 Å². The summed E-state index contributed by atoms with van der Waals surface area (Å²) in [6.45, 7) is 4.31. The van der Waals surface area contributed by atoms with E-state index in [2.05, 4.69) is 32.0 Å². The van der Waals surface area contributed by atoms with Crippen LogP contribution < -0.4 is 9.64 Å². The van der Waals surface area contributed by atoms with Crippen molar-refractivity contribution < 1.29 is 9.53 Å². The first kappa shape index (κ1) is 12.7. The number of ether oxygens (including phenoxy) is 1. The number of aryl methyl sites for hydroxylation is 2. The average Bonchev–Trinajstić information content (AvgIpc) is 2.43. The molecule has 1 amide bonds. The Labute approximate surface area is 118 Å². The zero-order chi connectivity index (χ0) is 14.3. The van der Waals surface area contributed by atoms with Crippen molar-refractivity contribution in [2.75, 3.05) is 18.6 Å². The summed E-state index contributed by atoms with van der Waals surface area (Å²) in [6, 6.07) is 12.4. The van der Waals surface area contributed by atoms with Gasteiger partial charge in [0.2, 0.25) is 0 Å². The third-order valence-corrected chi connectivity index (χ3v) is 3.74. The van der Waals surface area contributed by atoms with Gasteiger partial charge in [0.1, 0.15) is 5.75 Å². The number of benzene rings is 2. The second-order valence-electron chi connectivity index (χ2n) is 5.24. The van der Waals surface area contributed by atoms with Crippen LogP contribution >= 0.6 is 0 Å². The maximum absolute atomic E-state index is 11.6. The first-order valence-electron chi connectivity index (χ1n) is 6.67. The van der Waals surface area contributed by atoms with Crippen molar-refractivity contribution in [1.82, 2.24) is 0 Å². The molecule has 1 aliphatic heterocycles. The second kappa shape index (κ2) is 4.67. The summed E-state index contributed by atoms with van der Waals surface area (Å²) in [7, 11) is 1.78. The predicted molar refractivity (Wildman–Crippen MR) is 80.3 cm³/mol. The maximum atomic E-state index is 11.6. The zero-order valence-corrected chi connectivity index (χ0v) is 11.9. The molecule has 1 heterocycles. The van der Waals surface area contributed by atoms with Crippen LogP contribution in [0.2, 0.25) is 0 Å². The first-order chi connectivity index (χ1) is 9.56. The summed E-state index contributed by atoms with van der Waals surface area (Å²) in [6.07, 6.45) is 0. The third kappa shape index (κ3) is 2.05. The van der Waals surface area contributed by atoms with E-state index in [1.165, 1.54) is 16.7 Å². The maximum Gasteiger partial charge on any atom is 0.264 e. The fourth-order valence-electron chi connectivity index (χ4n) is 2.58. The molecule has 0 radical (unpaired) electrons. The lowest BCUT2D eigenvalue weighted by atomic mass is 9.98. The highest BCUT2D eigenvalue weighted by Crippen LogP contribution is 2.36. The van der Waals surface area contributed by atoms with Gasteiger partial charge in [-0.2, -0.15) is 0 Å². The van der Waals surface area contributed by atoms with Crippen molar-refractivity contribution >= 4 is 11.6 Å². The molecule has 0 N–H and O–H groups in total. The highest BCUT2D eigenvalue weighted by Gasteiger charge is 2.22. The minimum absolute atomic E-state index is 0.0169. The van der Waals surface area contributed by atoms with Crippen molar-refractivity contribution in [3.63, 3.8) is 0 Å². The summed E-state index contributed by atoms with van der Waals surface area (Å²) in [4.78, 5) is 13.2. The van der Waals surface area contributed by atoms with E-state index in [9.17, 15) is 4.79 Å². The van der Waals surface area contributed by atoms with E-state index in [1.807, 2.05) is 18.2 Å². The minimum Gasteiger partial charge on any atom is -0.482 e. The summed E-state index contributed by atoms with van der Waals surface area (Å²) >= 11 is 0. The van der Waals surface area contributed by atoms with E-state index < -0.39 is 0 Å². The van der Waals surface area contributed by atoms with Gasteiger partial charge in [-0.05, 0) is 42.7 Å². The number of amides is 1. The number of carbonyl (C=O) groups is 1. The minimum atomic E-state index is -0.0169. The topological polar surface area (TPSA) is 29.5 Å². The smallest absolute Gasteiger partial charge is 0.264 e. The quantitative estimate of drug-likeness (QED) is 0.793. The predicted octanol–water partition coefficient (Wildman–Crippen LogP) is 3.33.